The van der Waals surface area contributed by atoms with Crippen LogP contribution >= 0.6 is 0 Å². The fourth-order valence-electron chi connectivity index (χ4n) is 1.81. The lowest BCUT2D eigenvalue weighted by atomic mass is 10.1. The van der Waals surface area contributed by atoms with Crippen LogP contribution in [0.25, 0.3) is 0 Å². The van der Waals surface area contributed by atoms with Gasteiger partial charge in [-0.25, -0.2) is 4.39 Å². The Balaban J connectivity index is 2.54. The Morgan fingerprint density at radius 3 is 2.78 bits per heavy atom. The van der Waals surface area contributed by atoms with Crippen LogP contribution in [0, 0.1) is 5.82 Å². The number of carbonyl (C=O) groups is 1. The van der Waals surface area contributed by atoms with Gasteiger partial charge in [0.1, 0.15) is 5.82 Å². The summed E-state index contributed by atoms with van der Waals surface area (Å²) >= 11 is 0. The van der Waals surface area contributed by atoms with Gasteiger partial charge in [-0.3, -0.25) is 4.79 Å². The predicted molar refractivity (Wildman–Crippen MR) is 71.9 cm³/mol. The van der Waals surface area contributed by atoms with Crippen molar-refractivity contribution in [2.24, 2.45) is 0 Å². The van der Waals surface area contributed by atoms with Crippen molar-refractivity contribution < 1.29 is 9.18 Å². The maximum Gasteiger partial charge on any atom is 0.253 e. The first-order valence-corrected chi connectivity index (χ1v) is 6.40. The Hall–Kier alpha value is -1.58. The molecule has 1 rings (SSSR count). The number of amides is 1. The summed E-state index contributed by atoms with van der Waals surface area (Å²) in [6, 6.07) is 3.93. The van der Waals surface area contributed by atoms with E-state index in [1.165, 1.54) is 18.6 Å². The molecule has 0 radical (unpaired) electrons. The summed E-state index contributed by atoms with van der Waals surface area (Å²) in [7, 11) is 0. The summed E-state index contributed by atoms with van der Waals surface area (Å²) in [6.45, 7) is 4.11. The molecule has 1 aromatic carbocycles. The zero-order chi connectivity index (χ0) is 13.5. The first-order valence-electron chi connectivity index (χ1n) is 6.40. The molecule has 3 nitrogen and oxygen atoms in total. The molecule has 1 atom stereocenters. The van der Waals surface area contributed by atoms with E-state index in [1.807, 2.05) is 6.92 Å². The second-order valence-corrected chi connectivity index (χ2v) is 4.60. The van der Waals surface area contributed by atoms with Gasteiger partial charge in [0.15, 0.2) is 0 Å². The highest BCUT2D eigenvalue weighted by Crippen LogP contribution is 2.14. The van der Waals surface area contributed by atoms with Crippen molar-refractivity contribution in [3.8, 4) is 0 Å². The van der Waals surface area contributed by atoms with Crippen LogP contribution in [0.15, 0.2) is 18.2 Å². The highest BCUT2D eigenvalue weighted by molar-refractivity contribution is 5.99. The van der Waals surface area contributed by atoms with Gasteiger partial charge in [0, 0.05) is 11.7 Å². The van der Waals surface area contributed by atoms with Gasteiger partial charge in [0.05, 0.1) is 5.56 Å². The molecule has 1 aromatic rings. The lowest BCUT2D eigenvalue weighted by molar-refractivity contribution is 0.0939. The molecule has 0 bridgehead atoms. The quantitative estimate of drug-likeness (QED) is 0.603. The molecule has 1 amide bonds. The van der Waals surface area contributed by atoms with Crippen molar-refractivity contribution in [1.82, 2.24) is 5.32 Å². The summed E-state index contributed by atoms with van der Waals surface area (Å²) in [5.74, 6) is -0.670. The van der Waals surface area contributed by atoms with Crippen molar-refractivity contribution in [3.63, 3.8) is 0 Å². The van der Waals surface area contributed by atoms with Crippen molar-refractivity contribution in [2.45, 2.75) is 45.6 Å². The second-order valence-electron chi connectivity index (χ2n) is 4.60. The van der Waals surface area contributed by atoms with Crippen LogP contribution in [0.1, 0.15) is 49.9 Å². The third kappa shape index (κ3) is 4.35. The van der Waals surface area contributed by atoms with Crippen LogP contribution in [0.3, 0.4) is 0 Å². The lowest BCUT2D eigenvalue weighted by Gasteiger charge is -2.14. The van der Waals surface area contributed by atoms with E-state index in [1.54, 1.807) is 0 Å². The van der Waals surface area contributed by atoms with E-state index in [4.69, 9.17) is 5.73 Å². The zero-order valence-corrected chi connectivity index (χ0v) is 11.0. The molecular formula is C14H21FN2O. The first kappa shape index (κ1) is 14.5. The fourth-order valence-corrected chi connectivity index (χ4v) is 1.81. The second kappa shape index (κ2) is 6.99. The minimum atomic E-state index is -0.431. The van der Waals surface area contributed by atoms with E-state index in [2.05, 4.69) is 12.2 Å². The number of halogens is 1. The topological polar surface area (TPSA) is 55.1 Å². The highest BCUT2D eigenvalue weighted by atomic mass is 19.1. The van der Waals surface area contributed by atoms with Crippen LogP contribution in [-0.2, 0) is 0 Å². The van der Waals surface area contributed by atoms with E-state index >= 15 is 0 Å². The molecule has 0 heterocycles. The molecule has 0 aliphatic rings. The van der Waals surface area contributed by atoms with Gasteiger partial charge in [-0.2, -0.15) is 0 Å². The minimum Gasteiger partial charge on any atom is -0.398 e. The van der Waals surface area contributed by atoms with Gasteiger partial charge < -0.3 is 11.1 Å². The Morgan fingerprint density at radius 2 is 2.17 bits per heavy atom. The average molecular weight is 252 g/mol. The van der Waals surface area contributed by atoms with E-state index in [-0.39, 0.29) is 17.6 Å². The maximum atomic E-state index is 12.9. The standard InChI is InChI=1S/C14H21FN2O/c1-3-4-5-6-10(2)17-14(18)12-8-7-11(15)9-13(12)16/h7-10H,3-6,16H2,1-2H3,(H,17,18). The molecule has 0 fully saturated rings. The van der Waals surface area contributed by atoms with Gasteiger partial charge in [-0.05, 0) is 31.5 Å². The van der Waals surface area contributed by atoms with Crippen LogP contribution < -0.4 is 11.1 Å². The largest absolute Gasteiger partial charge is 0.398 e. The molecule has 18 heavy (non-hydrogen) atoms. The third-order valence-corrected chi connectivity index (χ3v) is 2.88. The Kier molecular flexibility index (Phi) is 5.62. The van der Waals surface area contributed by atoms with Crippen LogP contribution in [-0.4, -0.2) is 11.9 Å². The van der Waals surface area contributed by atoms with Gasteiger partial charge in [-0.1, -0.05) is 26.2 Å². The molecule has 0 aromatic heterocycles. The minimum absolute atomic E-state index is 0.105. The van der Waals surface area contributed by atoms with Crippen molar-refractivity contribution >= 4 is 11.6 Å². The van der Waals surface area contributed by atoms with Gasteiger partial charge in [-0.15, -0.1) is 0 Å². The van der Waals surface area contributed by atoms with Gasteiger partial charge in [0.25, 0.3) is 5.91 Å². The Bertz CT molecular complexity index is 407. The number of hydrogen-bond acceptors (Lipinski definition) is 2. The molecule has 0 saturated heterocycles. The molecular weight excluding hydrogens is 231 g/mol. The smallest absolute Gasteiger partial charge is 0.253 e. The fraction of sp³-hybridized carbons (Fsp3) is 0.500. The van der Waals surface area contributed by atoms with E-state index in [0.29, 0.717) is 5.56 Å². The summed E-state index contributed by atoms with van der Waals surface area (Å²) in [5, 5.41) is 2.87. The number of nitrogens with one attached hydrogen (secondary N) is 1. The molecule has 0 spiro atoms. The van der Waals surface area contributed by atoms with E-state index < -0.39 is 5.82 Å². The summed E-state index contributed by atoms with van der Waals surface area (Å²) in [6.07, 6.45) is 4.36. The number of anilines is 1. The van der Waals surface area contributed by atoms with Crippen molar-refractivity contribution in [1.29, 1.82) is 0 Å². The Labute approximate surface area is 108 Å². The molecule has 0 saturated carbocycles. The van der Waals surface area contributed by atoms with E-state index in [0.717, 1.165) is 25.3 Å². The van der Waals surface area contributed by atoms with Gasteiger partial charge in [0.2, 0.25) is 0 Å². The number of hydrogen-bond donors (Lipinski definition) is 2. The monoisotopic (exact) mass is 252 g/mol. The van der Waals surface area contributed by atoms with Crippen LogP contribution in [0.4, 0.5) is 10.1 Å². The maximum absolute atomic E-state index is 12.9. The summed E-state index contributed by atoms with van der Waals surface area (Å²) < 4.78 is 12.9. The average Bonchev–Trinajstić information content (AvgIpc) is 2.28. The third-order valence-electron chi connectivity index (χ3n) is 2.88. The number of unbranched alkanes of at least 4 members (excludes halogenated alkanes) is 2. The molecule has 0 aliphatic heterocycles. The molecule has 0 aliphatic carbocycles. The number of benzene rings is 1. The molecule has 1 unspecified atom stereocenters. The van der Waals surface area contributed by atoms with Crippen molar-refractivity contribution in [3.05, 3.63) is 29.6 Å². The highest BCUT2D eigenvalue weighted by Gasteiger charge is 2.12. The number of rotatable bonds is 6. The van der Waals surface area contributed by atoms with Crippen molar-refractivity contribution in [2.75, 3.05) is 5.73 Å². The van der Waals surface area contributed by atoms with Crippen LogP contribution in [0.5, 0.6) is 0 Å². The van der Waals surface area contributed by atoms with E-state index in [9.17, 15) is 9.18 Å². The lowest BCUT2D eigenvalue weighted by Crippen LogP contribution is -2.33. The van der Waals surface area contributed by atoms with Crippen LogP contribution in [0.2, 0.25) is 0 Å². The number of nitrogen functional groups attached to an aromatic ring is 1. The molecule has 4 heteroatoms. The summed E-state index contributed by atoms with van der Waals surface area (Å²) in [4.78, 5) is 11.9. The number of nitrogens with two attached hydrogens (primary N) is 1. The molecule has 100 valence electrons. The first-order chi connectivity index (χ1) is 8.54. The van der Waals surface area contributed by atoms with Gasteiger partial charge >= 0.3 is 0 Å². The molecule has 3 N–H and O–H groups in total. The predicted octanol–water partition coefficient (Wildman–Crippen LogP) is 3.11. The normalized spacial score (nSPS) is 12.2. The zero-order valence-electron chi connectivity index (χ0n) is 11.0. The number of carbonyl (C=O) groups excluding carboxylic acids is 1. The SMILES string of the molecule is CCCCCC(C)NC(=O)c1ccc(F)cc1N. The summed E-state index contributed by atoms with van der Waals surface area (Å²) in [5.41, 5.74) is 6.13. The Morgan fingerprint density at radius 1 is 1.44 bits per heavy atom.